The van der Waals surface area contributed by atoms with E-state index in [-0.39, 0.29) is 0 Å². The Morgan fingerprint density at radius 2 is 1.90 bits per heavy atom. The molecule has 0 aliphatic rings. The van der Waals surface area contributed by atoms with Crippen LogP contribution in [0, 0.1) is 6.92 Å². The van der Waals surface area contributed by atoms with Gasteiger partial charge in [0.1, 0.15) is 11.2 Å². The van der Waals surface area contributed by atoms with Crippen molar-refractivity contribution in [3.63, 3.8) is 0 Å². The topological polar surface area (TPSA) is 82.3 Å². The zero-order chi connectivity index (χ0) is 21.5. The molecule has 0 atom stereocenters. The van der Waals surface area contributed by atoms with Gasteiger partial charge in [-0.05, 0) is 54.4 Å². The van der Waals surface area contributed by atoms with Crippen LogP contribution in [0.15, 0.2) is 42.7 Å². The third-order valence-electron chi connectivity index (χ3n) is 5.53. The number of rotatable bonds is 5. The highest BCUT2D eigenvalue weighted by molar-refractivity contribution is 6.44. The van der Waals surface area contributed by atoms with Crippen molar-refractivity contribution in [3.05, 3.63) is 63.9 Å². The predicted octanol–water partition coefficient (Wildman–Crippen LogP) is 5.89. The van der Waals surface area contributed by atoms with Gasteiger partial charge >= 0.3 is 0 Å². The molecular formula is C23H20Cl2N6. The lowest BCUT2D eigenvalue weighted by molar-refractivity contribution is 0.721. The normalized spacial score (nSPS) is 11.6. The number of pyridine rings is 1. The summed E-state index contributed by atoms with van der Waals surface area (Å²) in [5.41, 5.74) is 7.69. The fraction of sp³-hybridized carbons (Fsp3) is 0.174. The van der Waals surface area contributed by atoms with E-state index in [4.69, 9.17) is 23.2 Å². The van der Waals surface area contributed by atoms with E-state index in [2.05, 4.69) is 56.4 Å². The SMILES string of the molecule is CCNCc1cncc(-c2ccc3[nH]nc(-c4nc5c(Cl)c(Cl)ccc5[nH]4)c3c2)c1C. The molecule has 0 unspecified atom stereocenters. The average Bonchev–Trinajstić information content (AvgIpc) is 3.39. The number of benzene rings is 2. The van der Waals surface area contributed by atoms with E-state index in [1.54, 1.807) is 6.07 Å². The third-order valence-corrected chi connectivity index (χ3v) is 6.32. The maximum atomic E-state index is 6.34. The third kappa shape index (κ3) is 3.47. The van der Waals surface area contributed by atoms with Gasteiger partial charge in [-0.15, -0.1) is 0 Å². The van der Waals surface area contributed by atoms with E-state index in [1.165, 1.54) is 11.1 Å². The second-order valence-corrected chi connectivity index (χ2v) is 8.21. The molecule has 0 spiro atoms. The molecule has 0 bridgehead atoms. The fourth-order valence-corrected chi connectivity index (χ4v) is 4.15. The lowest BCUT2D eigenvalue weighted by atomic mass is 9.98. The smallest absolute Gasteiger partial charge is 0.159 e. The fourth-order valence-electron chi connectivity index (χ4n) is 3.79. The molecule has 8 heteroatoms. The van der Waals surface area contributed by atoms with E-state index < -0.39 is 0 Å². The van der Waals surface area contributed by atoms with E-state index in [0.717, 1.165) is 46.3 Å². The van der Waals surface area contributed by atoms with Gasteiger partial charge in [-0.1, -0.05) is 36.2 Å². The van der Waals surface area contributed by atoms with Crippen LogP contribution in [-0.2, 0) is 6.54 Å². The van der Waals surface area contributed by atoms with Crippen LogP contribution in [0.3, 0.4) is 0 Å². The molecule has 0 aliphatic heterocycles. The summed E-state index contributed by atoms with van der Waals surface area (Å²) in [6.45, 7) is 5.95. The first-order valence-electron chi connectivity index (χ1n) is 10.0. The van der Waals surface area contributed by atoms with Crippen LogP contribution in [0.4, 0.5) is 0 Å². The van der Waals surface area contributed by atoms with Crippen molar-refractivity contribution >= 4 is 45.1 Å². The van der Waals surface area contributed by atoms with Gasteiger partial charge < -0.3 is 10.3 Å². The Morgan fingerprint density at radius 1 is 1.06 bits per heavy atom. The Hall–Kier alpha value is -2.93. The Labute approximate surface area is 189 Å². The first-order chi connectivity index (χ1) is 15.1. The highest BCUT2D eigenvalue weighted by Crippen LogP contribution is 2.34. The van der Waals surface area contributed by atoms with Gasteiger partial charge in [-0.25, -0.2) is 4.98 Å². The van der Waals surface area contributed by atoms with Crippen LogP contribution in [0.2, 0.25) is 10.0 Å². The summed E-state index contributed by atoms with van der Waals surface area (Å²) < 4.78 is 0. The second kappa shape index (κ2) is 7.96. The first kappa shape index (κ1) is 20.0. The van der Waals surface area contributed by atoms with Gasteiger partial charge in [0.15, 0.2) is 5.82 Å². The minimum atomic E-state index is 0.432. The molecule has 6 nitrogen and oxygen atoms in total. The quantitative estimate of drug-likeness (QED) is 0.311. The van der Waals surface area contributed by atoms with E-state index in [0.29, 0.717) is 21.4 Å². The molecule has 0 radical (unpaired) electrons. The van der Waals surface area contributed by atoms with Crippen LogP contribution >= 0.6 is 23.2 Å². The number of aromatic nitrogens is 5. The second-order valence-electron chi connectivity index (χ2n) is 7.43. The number of halogens is 2. The lowest BCUT2D eigenvalue weighted by Crippen LogP contribution is -2.13. The van der Waals surface area contributed by atoms with Crippen LogP contribution < -0.4 is 5.32 Å². The molecule has 2 aromatic carbocycles. The number of fused-ring (bicyclic) bond motifs is 2. The highest BCUT2D eigenvalue weighted by Gasteiger charge is 2.16. The summed E-state index contributed by atoms with van der Waals surface area (Å²) in [5, 5.41) is 12.8. The molecule has 0 saturated carbocycles. The number of hydrogen-bond donors (Lipinski definition) is 3. The molecule has 5 rings (SSSR count). The zero-order valence-corrected chi connectivity index (χ0v) is 18.6. The highest BCUT2D eigenvalue weighted by atomic mass is 35.5. The largest absolute Gasteiger partial charge is 0.337 e. The van der Waals surface area contributed by atoms with E-state index in [9.17, 15) is 0 Å². The first-order valence-corrected chi connectivity index (χ1v) is 10.8. The van der Waals surface area contributed by atoms with Crippen molar-refractivity contribution in [2.75, 3.05) is 6.54 Å². The Bertz CT molecular complexity index is 1420. The van der Waals surface area contributed by atoms with Crippen LogP contribution in [0.5, 0.6) is 0 Å². The number of H-pyrrole nitrogens is 2. The summed E-state index contributed by atoms with van der Waals surface area (Å²) in [5.74, 6) is 0.637. The molecule has 3 N–H and O–H groups in total. The van der Waals surface area contributed by atoms with Crippen molar-refractivity contribution in [2.45, 2.75) is 20.4 Å². The number of nitrogens with one attached hydrogen (secondary N) is 3. The minimum Gasteiger partial charge on any atom is -0.337 e. The predicted molar refractivity (Wildman–Crippen MR) is 127 cm³/mol. The Morgan fingerprint density at radius 3 is 2.74 bits per heavy atom. The average molecular weight is 451 g/mol. The number of imidazole rings is 1. The molecule has 156 valence electrons. The van der Waals surface area contributed by atoms with Gasteiger partial charge in [0, 0.05) is 29.9 Å². The van der Waals surface area contributed by atoms with Crippen molar-refractivity contribution in [1.29, 1.82) is 0 Å². The summed E-state index contributed by atoms with van der Waals surface area (Å²) >= 11 is 12.5. The molecule has 3 heterocycles. The number of hydrogen-bond acceptors (Lipinski definition) is 4. The maximum absolute atomic E-state index is 6.34. The monoisotopic (exact) mass is 450 g/mol. The van der Waals surface area contributed by atoms with Crippen LogP contribution in [0.25, 0.3) is 44.6 Å². The number of nitrogens with zero attached hydrogens (tertiary/aromatic N) is 3. The van der Waals surface area contributed by atoms with E-state index in [1.807, 2.05) is 24.5 Å². The Kier molecular flexibility index (Phi) is 5.14. The summed E-state index contributed by atoms with van der Waals surface area (Å²) in [7, 11) is 0. The van der Waals surface area contributed by atoms with Gasteiger partial charge in [0.2, 0.25) is 0 Å². The molecule has 0 amide bonds. The molecule has 0 aliphatic carbocycles. The molecule has 5 aromatic rings. The van der Waals surface area contributed by atoms with Crippen molar-refractivity contribution in [3.8, 4) is 22.6 Å². The molecule has 31 heavy (non-hydrogen) atoms. The summed E-state index contributed by atoms with van der Waals surface area (Å²) in [6.07, 6.45) is 3.83. The minimum absolute atomic E-state index is 0.432. The van der Waals surface area contributed by atoms with Crippen molar-refractivity contribution in [1.82, 2.24) is 30.5 Å². The standard InChI is InChI=1S/C23H20Cl2N6/c1-3-26-9-14-10-27-11-16(12(14)2)13-4-6-18-15(8-13)21(31-30-18)23-28-19-7-5-17(24)20(25)22(19)29-23/h4-8,10-11,26H,3,9H2,1-2H3,(H,28,29)(H,30,31). The van der Waals surface area contributed by atoms with Crippen molar-refractivity contribution in [2.24, 2.45) is 0 Å². The summed E-state index contributed by atoms with van der Waals surface area (Å²) in [6, 6.07) is 9.86. The zero-order valence-electron chi connectivity index (χ0n) is 17.1. The van der Waals surface area contributed by atoms with Gasteiger partial charge in [0.25, 0.3) is 0 Å². The van der Waals surface area contributed by atoms with Gasteiger partial charge in [-0.3, -0.25) is 10.1 Å². The molecule has 0 fully saturated rings. The molecule has 0 saturated heterocycles. The van der Waals surface area contributed by atoms with Crippen molar-refractivity contribution < 1.29 is 0 Å². The molecular weight excluding hydrogens is 431 g/mol. The van der Waals surface area contributed by atoms with Gasteiger partial charge in [-0.2, -0.15) is 5.10 Å². The maximum Gasteiger partial charge on any atom is 0.159 e. The number of aromatic amines is 2. The van der Waals surface area contributed by atoms with Crippen LogP contribution in [0.1, 0.15) is 18.1 Å². The van der Waals surface area contributed by atoms with Gasteiger partial charge in [0.05, 0.1) is 21.1 Å². The molecule has 3 aromatic heterocycles. The van der Waals surface area contributed by atoms with E-state index >= 15 is 0 Å². The van der Waals surface area contributed by atoms with Crippen LogP contribution in [-0.4, -0.2) is 31.7 Å². The Balaban J connectivity index is 1.63. The summed E-state index contributed by atoms with van der Waals surface area (Å²) in [4.78, 5) is 12.4. The lowest BCUT2D eigenvalue weighted by Gasteiger charge is -2.11.